The zero-order valence-electron chi connectivity index (χ0n) is 8.51. The summed E-state index contributed by atoms with van der Waals surface area (Å²) >= 11 is 6.13. The van der Waals surface area contributed by atoms with Gasteiger partial charge < -0.3 is 4.42 Å². The van der Waals surface area contributed by atoms with Crippen LogP contribution >= 0.6 is 11.6 Å². The van der Waals surface area contributed by atoms with Gasteiger partial charge in [0.25, 0.3) is 0 Å². The summed E-state index contributed by atoms with van der Waals surface area (Å²) in [7, 11) is 0. The van der Waals surface area contributed by atoms with Crippen molar-refractivity contribution in [2.24, 2.45) is 0 Å². The highest BCUT2D eigenvalue weighted by Gasteiger charge is 2.21. The lowest BCUT2D eigenvalue weighted by atomic mass is 9.97. The second-order valence-electron chi connectivity index (χ2n) is 3.95. The second kappa shape index (κ2) is 3.20. The van der Waals surface area contributed by atoms with Crippen molar-refractivity contribution in [1.29, 1.82) is 0 Å². The molecule has 4 heteroatoms. The maximum Gasteiger partial charge on any atom is 0.231 e. The summed E-state index contributed by atoms with van der Waals surface area (Å²) in [4.78, 5) is 8.46. The van der Waals surface area contributed by atoms with Crippen LogP contribution in [0, 0.1) is 6.92 Å². The van der Waals surface area contributed by atoms with Crippen LogP contribution in [0.3, 0.4) is 0 Å². The van der Waals surface area contributed by atoms with Gasteiger partial charge in [-0.2, -0.15) is 4.98 Å². The number of furan rings is 1. The number of nitrogens with zero attached hydrogens (tertiary/aromatic N) is 2. The number of hydrogen-bond acceptors (Lipinski definition) is 3. The lowest BCUT2D eigenvalue weighted by Gasteiger charge is -2.08. The first-order chi connectivity index (χ1) is 7.25. The fraction of sp³-hybridized carbons (Fsp3) is 0.455. The molecule has 15 heavy (non-hydrogen) atoms. The number of hydrogen-bond donors (Lipinski definition) is 0. The summed E-state index contributed by atoms with van der Waals surface area (Å²) in [5, 5.41) is 1.46. The Bertz CT molecular complexity index is 533. The monoisotopic (exact) mass is 222 g/mol. The average molecular weight is 223 g/mol. The zero-order valence-corrected chi connectivity index (χ0v) is 9.26. The third-order valence-electron chi connectivity index (χ3n) is 2.88. The van der Waals surface area contributed by atoms with Crippen LogP contribution in [0.4, 0.5) is 0 Å². The van der Waals surface area contributed by atoms with Gasteiger partial charge in [-0.1, -0.05) is 11.6 Å². The van der Waals surface area contributed by atoms with Crippen LogP contribution in [0.15, 0.2) is 4.42 Å². The van der Waals surface area contributed by atoms with E-state index in [4.69, 9.17) is 16.0 Å². The molecule has 0 bridgehead atoms. The molecule has 0 aromatic carbocycles. The van der Waals surface area contributed by atoms with Crippen LogP contribution in [0.25, 0.3) is 11.1 Å². The van der Waals surface area contributed by atoms with Gasteiger partial charge in [0.05, 0.1) is 5.39 Å². The molecular formula is C11H11ClN2O. The predicted octanol–water partition coefficient (Wildman–Crippen LogP) is 3.06. The van der Waals surface area contributed by atoms with Gasteiger partial charge in [0.1, 0.15) is 16.7 Å². The Kier molecular flexibility index (Phi) is 1.96. The first-order valence-corrected chi connectivity index (χ1v) is 5.58. The smallest absolute Gasteiger partial charge is 0.231 e. The lowest BCUT2D eigenvalue weighted by Crippen LogP contribution is -1.99. The van der Waals surface area contributed by atoms with Crippen molar-refractivity contribution in [3.63, 3.8) is 0 Å². The maximum atomic E-state index is 6.13. The summed E-state index contributed by atoms with van der Waals surface area (Å²) in [6.45, 7) is 1.83. The van der Waals surface area contributed by atoms with Crippen molar-refractivity contribution in [2.45, 2.75) is 32.6 Å². The van der Waals surface area contributed by atoms with Crippen molar-refractivity contribution in [1.82, 2.24) is 9.97 Å². The molecule has 0 saturated heterocycles. The van der Waals surface area contributed by atoms with Gasteiger partial charge in [0, 0.05) is 12.0 Å². The number of aromatic nitrogens is 2. The molecule has 2 heterocycles. The van der Waals surface area contributed by atoms with Gasteiger partial charge in [-0.25, -0.2) is 4.98 Å². The van der Waals surface area contributed by atoms with Crippen molar-refractivity contribution >= 4 is 22.7 Å². The van der Waals surface area contributed by atoms with E-state index in [0.717, 1.165) is 24.0 Å². The fourth-order valence-corrected chi connectivity index (χ4v) is 2.53. The van der Waals surface area contributed by atoms with Gasteiger partial charge in [-0.05, 0) is 26.2 Å². The number of rotatable bonds is 0. The molecular weight excluding hydrogens is 212 g/mol. The molecule has 0 N–H and O–H groups in total. The number of fused-ring (bicyclic) bond motifs is 3. The first-order valence-electron chi connectivity index (χ1n) is 5.20. The van der Waals surface area contributed by atoms with Gasteiger partial charge in [-0.3, -0.25) is 0 Å². The summed E-state index contributed by atoms with van der Waals surface area (Å²) < 4.78 is 5.72. The highest BCUT2D eigenvalue weighted by atomic mass is 35.5. The van der Waals surface area contributed by atoms with E-state index in [1.165, 1.54) is 18.4 Å². The molecule has 0 aliphatic heterocycles. The van der Waals surface area contributed by atoms with E-state index in [1.54, 1.807) is 0 Å². The Morgan fingerprint density at radius 2 is 2.00 bits per heavy atom. The van der Waals surface area contributed by atoms with Crippen LogP contribution in [0.2, 0.25) is 5.15 Å². The molecule has 0 saturated carbocycles. The Labute approximate surface area is 92.5 Å². The molecule has 1 aliphatic carbocycles. The van der Waals surface area contributed by atoms with E-state index in [9.17, 15) is 0 Å². The van der Waals surface area contributed by atoms with Gasteiger partial charge in [-0.15, -0.1) is 0 Å². The van der Waals surface area contributed by atoms with E-state index >= 15 is 0 Å². The van der Waals surface area contributed by atoms with Gasteiger partial charge >= 0.3 is 0 Å². The molecule has 0 amide bonds. The molecule has 2 aromatic rings. The van der Waals surface area contributed by atoms with Crippen LogP contribution < -0.4 is 0 Å². The SMILES string of the molecule is Cc1nc(Cl)c2c3c(oc2n1)CCCC3. The van der Waals surface area contributed by atoms with Crippen LogP contribution in [-0.2, 0) is 12.8 Å². The van der Waals surface area contributed by atoms with E-state index in [2.05, 4.69) is 9.97 Å². The molecule has 3 nitrogen and oxygen atoms in total. The zero-order chi connectivity index (χ0) is 10.4. The third kappa shape index (κ3) is 1.34. The number of aryl methyl sites for hydroxylation is 3. The second-order valence-corrected chi connectivity index (χ2v) is 4.31. The average Bonchev–Trinajstić information content (AvgIpc) is 2.54. The van der Waals surface area contributed by atoms with Crippen molar-refractivity contribution in [3.8, 4) is 0 Å². The Balaban J connectivity index is 2.37. The minimum Gasteiger partial charge on any atom is -0.442 e. The molecule has 2 aromatic heterocycles. The quantitative estimate of drug-likeness (QED) is 0.643. The van der Waals surface area contributed by atoms with E-state index in [1.807, 2.05) is 6.92 Å². The first kappa shape index (κ1) is 9.16. The molecule has 0 spiro atoms. The topological polar surface area (TPSA) is 38.9 Å². The van der Waals surface area contributed by atoms with E-state index in [-0.39, 0.29) is 0 Å². The standard InChI is InChI=1S/C11H11ClN2O/c1-6-13-10(12)9-7-4-2-3-5-8(7)15-11(9)14-6/h2-5H2,1H3. The molecule has 0 atom stereocenters. The molecule has 0 radical (unpaired) electrons. The van der Waals surface area contributed by atoms with E-state index in [0.29, 0.717) is 16.7 Å². The predicted molar refractivity (Wildman–Crippen MR) is 58.2 cm³/mol. The van der Waals surface area contributed by atoms with Crippen molar-refractivity contribution < 1.29 is 4.42 Å². The van der Waals surface area contributed by atoms with Crippen LogP contribution in [0.5, 0.6) is 0 Å². The molecule has 0 unspecified atom stereocenters. The van der Waals surface area contributed by atoms with Gasteiger partial charge in [0.15, 0.2) is 0 Å². The summed E-state index contributed by atoms with van der Waals surface area (Å²) in [5.74, 6) is 1.72. The van der Waals surface area contributed by atoms with E-state index < -0.39 is 0 Å². The van der Waals surface area contributed by atoms with Gasteiger partial charge in [0.2, 0.25) is 5.71 Å². The Morgan fingerprint density at radius 1 is 1.20 bits per heavy atom. The molecule has 3 rings (SSSR count). The number of halogens is 1. The summed E-state index contributed by atoms with van der Waals surface area (Å²) in [5.41, 5.74) is 1.88. The normalized spacial score (nSPS) is 15.6. The highest BCUT2D eigenvalue weighted by molar-refractivity contribution is 6.34. The Morgan fingerprint density at radius 3 is 2.87 bits per heavy atom. The van der Waals surface area contributed by atoms with Crippen molar-refractivity contribution in [3.05, 3.63) is 22.3 Å². The minimum absolute atomic E-state index is 0.532. The largest absolute Gasteiger partial charge is 0.442 e. The highest BCUT2D eigenvalue weighted by Crippen LogP contribution is 2.34. The molecule has 78 valence electrons. The van der Waals surface area contributed by atoms with Crippen LogP contribution in [-0.4, -0.2) is 9.97 Å². The summed E-state index contributed by atoms with van der Waals surface area (Å²) in [6, 6.07) is 0. The Hall–Kier alpha value is -1.09. The molecule has 1 aliphatic rings. The molecule has 0 fully saturated rings. The summed E-state index contributed by atoms with van der Waals surface area (Å²) in [6.07, 6.45) is 4.43. The van der Waals surface area contributed by atoms with Crippen molar-refractivity contribution in [2.75, 3.05) is 0 Å². The minimum atomic E-state index is 0.532. The fourth-order valence-electron chi connectivity index (χ4n) is 2.21. The lowest BCUT2D eigenvalue weighted by molar-refractivity contribution is 0.499. The third-order valence-corrected chi connectivity index (χ3v) is 3.16. The van der Waals surface area contributed by atoms with Crippen LogP contribution in [0.1, 0.15) is 30.0 Å². The maximum absolute atomic E-state index is 6.13.